The normalized spacial score (nSPS) is 26.9. The minimum atomic E-state index is 0.00606. The fourth-order valence-electron chi connectivity index (χ4n) is 3.08. The van der Waals surface area contributed by atoms with Gasteiger partial charge in [-0.2, -0.15) is 0 Å². The van der Waals surface area contributed by atoms with E-state index in [1.807, 2.05) is 16.3 Å². The van der Waals surface area contributed by atoms with Crippen molar-refractivity contribution < 1.29 is 14.3 Å². The highest BCUT2D eigenvalue weighted by atomic mass is 32.1. The number of rotatable bonds is 4. The number of amides is 2. The number of hydrogen-bond acceptors (Lipinski definition) is 4. The van der Waals surface area contributed by atoms with Gasteiger partial charge in [0.2, 0.25) is 0 Å². The Balaban J connectivity index is 1.56. The fourth-order valence-corrected chi connectivity index (χ4v) is 3.95. The van der Waals surface area contributed by atoms with Crippen LogP contribution in [-0.4, -0.2) is 49.4 Å². The summed E-state index contributed by atoms with van der Waals surface area (Å²) in [4.78, 5) is 15.6. The molecule has 0 aromatic carbocycles. The van der Waals surface area contributed by atoms with Crippen molar-refractivity contribution in [2.45, 2.75) is 44.4 Å². The maximum Gasteiger partial charge on any atom is 0.318 e. The first kappa shape index (κ1) is 15.8. The number of nitrogens with zero attached hydrogens (tertiary/aromatic N) is 1. The zero-order chi connectivity index (χ0) is 15.4. The molecular weight excluding hydrogens is 300 g/mol. The molecule has 3 atom stereocenters. The Morgan fingerprint density at radius 2 is 2.32 bits per heavy atom. The summed E-state index contributed by atoms with van der Waals surface area (Å²) in [5.74, 6) is 0. The largest absolute Gasteiger partial charge is 0.375 e. The van der Waals surface area contributed by atoms with Gasteiger partial charge in [0, 0.05) is 18.0 Å². The number of carbonyl (C=O) groups is 1. The van der Waals surface area contributed by atoms with Crippen molar-refractivity contribution in [2.24, 2.45) is 0 Å². The molecule has 2 saturated heterocycles. The molecular formula is C16H24N2O3S. The van der Waals surface area contributed by atoms with Crippen LogP contribution in [-0.2, 0) is 9.47 Å². The van der Waals surface area contributed by atoms with Gasteiger partial charge in [0.1, 0.15) is 6.10 Å². The lowest BCUT2D eigenvalue weighted by Crippen LogP contribution is -2.53. The monoisotopic (exact) mass is 324 g/mol. The van der Waals surface area contributed by atoms with Gasteiger partial charge >= 0.3 is 6.03 Å². The third-order valence-corrected chi connectivity index (χ3v) is 5.34. The Hall–Kier alpha value is -1.11. The van der Waals surface area contributed by atoms with Crippen LogP contribution in [0.5, 0.6) is 0 Å². The molecule has 0 radical (unpaired) electrons. The second kappa shape index (κ2) is 7.44. The summed E-state index contributed by atoms with van der Waals surface area (Å²) < 4.78 is 11.5. The van der Waals surface area contributed by atoms with E-state index < -0.39 is 0 Å². The Morgan fingerprint density at radius 3 is 3.00 bits per heavy atom. The molecule has 0 saturated carbocycles. The molecule has 0 spiro atoms. The minimum absolute atomic E-state index is 0.00606. The van der Waals surface area contributed by atoms with Gasteiger partial charge in [0.05, 0.1) is 25.3 Å². The number of ether oxygens (including phenoxy) is 2. The van der Waals surface area contributed by atoms with Gasteiger partial charge in [-0.15, -0.1) is 11.3 Å². The van der Waals surface area contributed by atoms with Gasteiger partial charge in [-0.3, -0.25) is 0 Å². The standard InChI is InChI=1S/C16H24N2O3S/c1-2-12(15-6-4-10-22-15)17-16(19)18-7-9-21-14(11-18)13-5-3-8-20-13/h4,6,10,12-14H,2-3,5,7-9,11H2,1H3,(H,17,19). The summed E-state index contributed by atoms with van der Waals surface area (Å²) in [6.45, 7) is 4.77. The van der Waals surface area contributed by atoms with Crippen molar-refractivity contribution >= 4 is 17.4 Å². The molecule has 1 aromatic rings. The fraction of sp³-hybridized carbons (Fsp3) is 0.688. The first-order valence-corrected chi connectivity index (χ1v) is 8.98. The lowest BCUT2D eigenvalue weighted by atomic mass is 10.1. The molecule has 22 heavy (non-hydrogen) atoms. The first-order valence-electron chi connectivity index (χ1n) is 8.10. The quantitative estimate of drug-likeness (QED) is 0.926. The van der Waals surface area contributed by atoms with Gasteiger partial charge in [0.15, 0.2) is 0 Å². The highest BCUT2D eigenvalue weighted by Crippen LogP contribution is 2.23. The smallest absolute Gasteiger partial charge is 0.318 e. The van der Waals surface area contributed by atoms with Gasteiger partial charge in [-0.1, -0.05) is 13.0 Å². The van der Waals surface area contributed by atoms with Crippen molar-refractivity contribution in [3.8, 4) is 0 Å². The average Bonchev–Trinajstić information content (AvgIpc) is 3.25. The lowest BCUT2D eigenvalue weighted by molar-refractivity contribution is -0.0850. The van der Waals surface area contributed by atoms with Crippen molar-refractivity contribution in [1.82, 2.24) is 10.2 Å². The molecule has 2 amide bonds. The topological polar surface area (TPSA) is 50.8 Å². The molecule has 3 heterocycles. The minimum Gasteiger partial charge on any atom is -0.375 e. The summed E-state index contributed by atoms with van der Waals surface area (Å²) in [5.41, 5.74) is 0. The third-order valence-electron chi connectivity index (χ3n) is 4.35. The van der Waals surface area contributed by atoms with Crippen LogP contribution in [0.2, 0.25) is 0 Å². The molecule has 0 aliphatic carbocycles. The zero-order valence-corrected chi connectivity index (χ0v) is 13.8. The zero-order valence-electron chi connectivity index (χ0n) is 13.0. The number of urea groups is 1. The van der Waals surface area contributed by atoms with E-state index in [0.29, 0.717) is 19.7 Å². The van der Waals surface area contributed by atoms with E-state index in [4.69, 9.17) is 9.47 Å². The molecule has 0 bridgehead atoms. The summed E-state index contributed by atoms with van der Waals surface area (Å²) in [5, 5.41) is 5.20. The van der Waals surface area contributed by atoms with Crippen molar-refractivity contribution in [3.63, 3.8) is 0 Å². The molecule has 3 unspecified atom stereocenters. The van der Waals surface area contributed by atoms with Crippen molar-refractivity contribution in [1.29, 1.82) is 0 Å². The summed E-state index contributed by atoms with van der Waals surface area (Å²) in [6.07, 6.45) is 3.18. The molecule has 122 valence electrons. The number of carbonyl (C=O) groups excluding carboxylic acids is 1. The van der Waals surface area contributed by atoms with Crippen LogP contribution in [0.15, 0.2) is 17.5 Å². The first-order chi connectivity index (χ1) is 10.8. The van der Waals surface area contributed by atoms with Crippen LogP contribution < -0.4 is 5.32 Å². The van der Waals surface area contributed by atoms with E-state index in [2.05, 4.69) is 18.3 Å². The highest BCUT2D eigenvalue weighted by Gasteiger charge is 2.33. The summed E-state index contributed by atoms with van der Waals surface area (Å²) in [7, 11) is 0. The van der Waals surface area contributed by atoms with Gasteiger partial charge in [-0.05, 0) is 30.7 Å². The number of nitrogens with one attached hydrogen (secondary N) is 1. The number of morpholine rings is 1. The Labute approximate surface area is 135 Å². The van der Waals surface area contributed by atoms with Crippen LogP contribution in [0.3, 0.4) is 0 Å². The van der Waals surface area contributed by atoms with E-state index in [-0.39, 0.29) is 24.3 Å². The molecule has 5 nitrogen and oxygen atoms in total. The molecule has 6 heteroatoms. The van der Waals surface area contributed by atoms with Gasteiger partial charge in [0.25, 0.3) is 0 Å². The predicted octanol–water partition coefficient (Wildman–Crippen LogP) is 2.79. The van der Waals surface area contributed by atoms with E-state index in [1.54, 1.807) is 11.3 Å². The lowest BCUT2D eigenvalue weighted by Gasteiger charge is -2.36. The third kappa shape index (κ3) is 3.62. The molecule has 1 N–H and O–H groups in total. The Bertz CT molecular complexity index is 474. The SMILES string of the molecule is CCC(NC(=O)N1CCOC(C2CCCO2)C1)c1cccs1. The highest BCUT2D eigenvalue weighted by molar-refractivity contribution is 7.10. The van der Waals surface area contributed by atoms with Gasteiger partial charge < -0.3 is 19.7 Å². The molecule has 1 aromatic heterocycles. The molecule has 2 aliphatic rings. The van der Waals surface area contributed by atoms with E-state index >= 15 is 0 Å². The molecule has 2 fully saturated rings. The van der Waals surface area contributed by atoms with Crippen LogP contribution in [0.4, 0.5) is 4.79 Å². The average molecular weight is 324 g/mol. The number of hydrogen-bond donors (Lipinski definition) is 1. The van der Waals surface area contributed by atoms with Crippen LogP contribution in [0.1, 0.15) is 37.1 Å². The van der Waals surface area contributed by atoms with Crippen LogP contribution in [0, 0.1) is 0 Å². The van der Waals surface area contributed by atoms with E-state index in [9.17, 15) is 4.79 Å². The predicted molar refractivity (Wildman–Crippen MR) is 86.2 cm³/mol. The van der Waals surface area contributed by atoms with Crippen molar-refractivity contribution in [2.75, 3.05) is 26.3 Å². The number of thiophene rings is 1. The van der Waals surface area contributed by atoms with Crippen LogP contribution >= 0.6 is 11.3 Å². The van der Waals surface area contributed by atoms with Crippen molar-refractivity contribution in [3.05, 3.63) is 22.4 Å². The van der Waals surface area contributed by atoms with Crippen LogP contribution in [0.25, 0.3) is 0 Å². The summed E-state index contributed by atoms with van der Waals surface area (Å²) in [6, 6.07) is 4.20. The molecule has 2 aliphatic heterocycles. The van der Waals surface area contributed by atoms with Gasteiger partial charge in [-0.25, -0.2) is 4.79 Å². The second-order valence-corrected chi connectivity index (χ2v) is 6.81. The summed E-state index contributed by atoms with van der Waals surface area (Å²) >= 11 is 1.69. The van der Waals surface area contributed by atoms with E-state index in [0.717, 1.165) is 25.9 Å². The Kier molecular flexibility index (Phi) is 5.33. The maximum atomic E-state index is 12.5. The Morgan fingerprint density at radius 1 is 1.45 bits per heavy atom. The second-order valence-electron chi connectivity index (χ2n) is 5.83. The molecule has 3 rings (SSSR count). The van der Waals surface area contributed by atoms with E-state index in [1.165, 1.54) is 4.88 Å². The maximum absolute atomic E-state index is 12.5.